The van der Waals surface area contributed by atoms with Gasteiger partial charge in [-0.05, 0) is 37.6 Å². The summed E-state index contributed by atoms with van der Waals surface area (Å²) >= 11 is 0. The molecular weight excluding hydrogens is 254 g/mol. The fourth-order valence-electron chi connectivity index (χ4n) is 1.84. The molecule has 0 spiro atoms. The minimum atomic E-state index is 0.641. The van der Waals surface area contributed by atoms with Gasteiger partial charge in [-0.25, -0.2) is 0 Å². The van der Waals surface area contributed by atoms with Gasteiger partial charge in [-0.3, -0.25) is 0 Å². The Hall–Kier alpha value is -1.26. The summed E-state index contributed by atoms with van der Waals surface area (Å²) in [5.74, 6) is 1.58. The number of hydrogen-bond donors (Lipinski definition) is 1. The molecule has 1 aromatic rings. The van der Waals surface area contributed by atoms with Crippen LogP contribution in [0.1, 0.15) is 32.3 Å². The highest BCUT2D eigenvalue weighted by Crippen LogP contribution is 2.28. The summed E-state index contributed by atoms with van der Waals surface area (Å²) in [6.45, 7) is 8.16. The van der Waals surface area contributed by atoms with Crippen LogP contribution >= 0.6 is 0 Å². The molecule has 0 saturated heterocycles. The van der Waals surface area contributed by atoms with Crippen LogP contribution in [-0.4, -0.2) is 33.5 Å². The van der Waals surface area contributed by atoms with Crippen molar-refractivity contribution in [3.05, 3.63) is 23.8 Å². The van der Waals surface area contributed by atoms with Gasteiger partial charge in [-0.1, -0.05) is 13.0 Å². The van der Waals surface area contributed by atoms with Gasteiger partial charge in [0.25, 0.3) is 0 Å². The van der Waals surface area contributed by atoms with Crippen LogP contribution in [-0.2, 0) is 11.3 Å². The molecule has 1 aromatic carbocycles. The average molecular weight is 281 g/mol. The van der Waals surface area contributed by atoms with E-state index < -0.39 is 0 Å². The molecule has 0 bridgehead atoms. The van der Waals surface area contributed by atoms with Crippen LogP contribution in [0.15, 0.2) is 18.2 Å². The Morgan fingerprint density at radius 1 is 1.10 bits per heavy atom. The summed E-state index contributed by atoms with van der Waals surface area (Å²) in [4.78, 5) is 0. The van der Waals surface area contributed by atoms with Crippen molar-refractivity contribution in [2.75, 3.05) is 33.5 Å². The zero-order valence-corrected chi connectivity index (χ0v) is 12.9. The maximum absolute atomic E-state index is 5.79. The molecule has 4 heteroatoms. The average Bonchev–Trinajstić information content (AvgIpc) is 2.47. The van der Waals surface area contributed by atoms with Crippen LogP contribution in [0.2, 0.25) is 0 Å². The molecule has 114 valence electrons. The highest BCUT2D eigenvalue weighted by Gasteiger charge is 2.05. The van der Waals surface area contributed by atoms with Gasteiger partial charge in [0.15, 0.2) is 11.5 Å². The quantitative estimate of drug-likeness (QED) is 0.633. The maximum Gasteiger partial charge on any atom is 0.161 e. The lowest BCUT2D eigenvalue weighted by atomic mass is 10.2. The highest BCUT2D eigenvalue weighted by molar-refractivity contribution is 5.42. The molecule has 0 aliphatic rings. The van der Waals surface area contributed by atoms with Crippen LogP contribution in [0.25, 0.3) is 0 Å². The van der Waals surface area contributed by atoms with Gasteiger partial charge in [-0.15, -0.1) is 0 Å². The fourth-order valence-corrected chi connectivity index (χ4v) is 1.84. The molecule has 0 fully saturated rings. The third-order valence-corrected chi connectivity index (χ3v) is 2.88. The minimum Gasteiger partial charge on any atom is -0.493 e. The van der Waals surface area contributed by atoms with Gasteiger partial charge in [-0.2, -0.15) is 0 Å². The van der Waals surface area contributed by atoms with Crippen molar-refractivity contribution in [1.29, 1.82) is 0 Å². The molecule has 20 heavy (non-hydrogen) atoms. The SMILES string of the molecule is CCCNCc1ccc(OC)c(OCCCOCC)c1. The van der Waals surface area contributed by atoms with Crippen molar-refractivity contribution >= 4 is 0 Å². The van der Waals surface area contributed by atoms with Gasteiger partial charge < -0.3 is 19.5 Å². The molecule has 0 saturated carbocycles. The second-order valence-corrected chi connectivity index (χ2v) is 4.56. The Bertz CT molecular complexity index is 369. The lowest BCUT2D eigenvalue weighted by Crippen LogP contribution is -2.14. The Balaban J connectivity index is 2.50. The fraction of sp³-hybridized carbons (Fsp3) is 0.625. The summed E-state index contributed by atoms with van der Waals surface area (Å²) < 4.78 is 16.4. The van der Waals surface area contributed by atoms with Crippen LogP contribution in [0.5, 0.6) is 11.5 Å². The van der Waals surface area contributed by atoms with Crippen molar-refractivity contribution in [2.24, 2.45) is 0 Å². The topological polar surface area (TPSA) is 39.7 Å². The molecule has 4 nitrogen and oxygen atoms in total. The van der Waals surface area contributed by atoms with E-state index in [0.29, 0.717) is 6.61 Å². The van der Waals surface area contributed by atoms with E-state index in [0.717, 1.165) is 50.6 Å². The van der Waals surface area contributed by atoms with Crippen LogP contribution in [0.3, 0.4) is 0 Å². The first kappa shape index (κ1) is 16.8. The zero-order chi connectivity index (χ0) is 14.6. The molecule has 1 N–H and O–H groups in total. The summed E-state index contributed by atoms with van der Waals surface area (Å²) in [6.07, 6.45) is 2.02. The van der Waals surface area contributed by atoms with Crippen LogP contribution < -0.4 is 14.8 Å². The Morgan fingerprint density at radius 2 is 1.95 bits per heavy atom. The van der Waals surface area contributed by atoms with E-state index in [9.17, 15) is 0 Å². The normalized spacial score (nSPS) is 10.6. The molecule has 1 rings (SSSR count). The number of hydrogen-bond acceptors (Lipinski definition) is 4. The van der Waals surface area contributed by atoms with Gasteiger partial charge in [0.1, 0.15) is 0 Å². The number of nitrogens with one attached hydrogen (secondary N) is 1. The number of rotatable bonds is 11. The summed E-state index contributed by atoms with van der Waals surface area (Å²) in [7, 11) is 1.66. The van der Waals surface area contributed by atoms with Crippen molar-refractivity contribution in [3.63, 3.8) is 0 Å². The van der Waals surface area contributed by atoms with E-state index in [1.165, 1.54) is 5.56 Å². The summed E-state index contributed by atoms with van der Waals surface area (Å²) in [6, 6.07) is 6.07. The second-order valence-electron chi connectivity index (χ2n) is 4.56. The molecule has 0 atom stereocenters. The number of ether oxygens (including phenoxy) is 3. The Morgan fingerprint density at radius 3 is 2.65 bits per heavy atom. The van der Waals surface area contributed by atoms with E-state index in [1.54, 1.807) is 7.11 Å². The van der Waals surface area contributed by atoms with E-state index in [-0.39, 0.29) is 0 Å². The highest BCUT2D eigenvalue weighted by atomic mass is 16.5. The standard InChI is InChI=1S/C16H27NO3/c1-4-9-17-13-14-7-8-15(18-3)16(12-14)20-11-6-10-19-5-2/h7-8,12,17H,4-6,9-11,13H2,1-3H3. The van der Waals surface area contributed by atoms with Crippen LogP contribution in [0, 0.1) is 0 Å². The molecule has 0 radical (unpaired) electrons. The second kappa shape index (κ2) is 10.5. The van der Waals surface area contributed by atoms with Crippen LogP contribution in [0.4, 0.5) is 0 Å². The first-order valence-electron chi connectivity index (χ1n) is 7.40. The minimum absolute atomic E-state index is 0.641. The van der Waals surface area contributed by atoms with Gasteiger partial charge in [0.2, 0.25) is 0 Å². The first-order chi connectivity index (χ1) is 9.81. The smallest absolute Gasteiger partial charge is 0.161 e. The lowest BCUT2D eigenvalue weighted by Gasteiger charge is -2.12. The van der Waals surface area contributed by atoms with E-state index in [2.05, 4.69) is 18.3 Å². The third kappa shape index (κ3) is 6.26. The molecule has 0 aliphatic heterocycles. The van der Waals surface area contributed by atoms with E-state index >= 15 is 0 Å². The van der Waals surface area contributed by atoms with Crippen molar-refractivity contribution in [1.82, 2.24) is 5.32 Å². The zero-order valence-electron chi connectivity index (χ0n) is 12.9. The van der Waals surface area contributed by atoms with Gasteiger partial charge >= 0.3 is 0 Å². The third-order valence-electron chi connectivity index (χ3n) is 2.88. The first-order valence-corrected chi connectivity index (χ1v) is 7.40. The predicted molar refractivity (Wildman–Crippen MR) is 81.6 cm³/mol. The molecule has 0 aliphatic carbocycles. The van der Waals surface area contributed by atoms with E-state index in [1.807, 2.05) is 19.1 Å². The van der Waals surface area contributed by atoms with Crippen molar-refractivity contribution in [3.8, 4) is 11.5 Å². The van der Waals surface area contributed by atoms with Gasteiger partial charge in [0, 0.05) is 26.2 Å². The number of benzene rings is 1. The van der Waals surface area contributed by atoms with Crippen molar-refractivity contribution < 1.29 is 14.2 Å². The maximum atomic E-state index is 5.79. The lowest BCUT2D eigenvalue weighted by molar-refractivity contribution is 0.130. The summed E-state index contributed by atoms with van der Waals surface area (Å²) in [5.41, 5.74) is 1.21. The molecule has 0 amide bonds. The molecule has 0 unspecified atom stereocenters. The largest absolute Gasteiger partial charge is 0.493 e. The summed E-state index contributed by atoms with van der Waals surface area (Å²) in [5, 5.41) is 3.38. The Kier molecular flexibility index (Phi) is 8.83. The molecule has 0 aromatic heterocycles. The molecular formula is C16H27NO3. The van der Waals surface area contributed by atoms with E-state index in [4.69, 9.17) is 14.2 Å². The Labute approximate surface area is 122 Å². The predicted octanol–water partition coefficient (Wildman–Crippen LogP) is 3.00. The number of methoxy groups -OCH3 is 1. The van der Waals surface area contributed by atoms with Gasteiger partial charge in [0.05, 0.1) is 13.7 Å². The molecule has 0 heterocycles. The van der Waals surface area contributed by atoms with Crippen molar-refractivity contribution in [2.45, 2.75) is 33.2 Å². The monoisotopic (exact) mass is 281 g/mol.